The molecule has 0 unspecified atom stereocenters. The molecule has 0 spiro atoms. The molecule has 0 fully saturated rings. The van der Waals surface area contributed by atoms with Gasteiger partial charge in [0.2, 0.25) is 0 Å². The molecule has 2 heterocycles. The van der Waals surface area contributed by atoms with Crippen LogP contribution in [-0.4, -0.2) is 22.7 Å². The van der Waals surface area contributed by atoms with Crippen molar-refractivity contribution in [3.05, 3.63) is 64.5 Å². The Morgan fingerprint density at radius 3 is 2.86 bits per heavy atom. The predicted molar refractivity (Wildman–Crippen MR) is 106 cm³/mol. The number of hydrogen-bond acceptors (Lipinski definition) is 4. The second kappa shape index (κ2) is 6.48. The maximum atomic E-state index is 12.9. The van der Waals surface area contributed by atoms with Gasteiger partial charge in [0.15, 0.2) is 5.82 Å². The van der Waals surface area contributed by atoms with Crippen molar-refractivity contribution in [3.8, 4) is 11.5 Å². The average Bonchev–Trinajstić information content (AvgIpc) is 3.39. The molecule has 28 heavy (non-hydrogen) atoms. The van der Waals surface area contributed by atoms with Gasteiger partial charge in [-0.3, -0.25) is 4.90 Å². The standard InChI is InChI=1S/C22H22N4O2/c1-13-3-8-20-16(11-13)9-10-26(20)22(27)24-19-7-5-15-12-17(4-6-18(15)19)21-23-14(2)25-28-21/h3-4,6,8,11-12,19H,5,7,9-10H2,1-2H3,(H,24,27)/t19-/m1/s1. The zero-order chi connectivity index (χ0) is 19.3. The second-order valence-corrected chi connectivity index (χ2v) is 7.63. The summed E-state index contributed by atoms with van der Waals surface area (Å²) in [5.74, 6) is 1.17. The van der Waals surface area contributed by atoms with Crippen LogP contribution >= 0.6 is 0 Å². The van der Waals surface area contributed by atoms with Crippen molar-refractivity contribution in [2.24, 2.45) is 0 Å². The zero-order valence-corrected chi connectivity index (χ0v) is 16.0. The molecule has 2 amide bonds. The Bertz CT molecular complexity index is 1070. The topological polar surface area (TPSA) is 71.3 Å². The zero-order valence-electron chi connectivity index (χ0n) is 16.0. The van der Waals surface area contributed by atoms with Crippen molar-refractivity contribution < 1.29 is 9.32 Å². The molecule has 1 atom stereocenters. The number of aryl methyl sites for hydroxylation is 3. The lowest BCUT2D eigenvalue weighted by atomic mass is 10.0. The third kappa shape index (κ3) is 2.85. The number of urea groups is 1. The number of nitrogens with one attached hydrogen (secondary N) is 1. The monoisotopic (exact) mass is 374 g/mol. The normalized spacial score (nSPS) is 17.5. The van der Waals surface area contributed by atoms with Gasteiger partial charge in [0.25, 0.3) is 5.89 Å². The first-order valence-electron chi connectivity index (χ1n) is 9.69. The Labute approximate surface area is 163 Å². The van der Waals surface area contributed by atoms with Crippen LogP contribution in [0.2, 0.25) is 0 Å². The van der Waals surface area contributed by atoms with Gasteiger partial charge in [-0.25, -0.2) is 4.79 Å². The molecule has 2 aliphatic rings. The molecular weight excluding hydrogens is 352 g/mol. The van der Waals surface area contributed by atoms with Gasteiger partial charge >= 0.3 is 6.03 Å². The molecule has 1 aliphatic carbocycles. The van der Waals surface area contributed by atoms with Gasteiger partial charge in [0.05, 0.1) is 6.04 Å². The number of carbonyl (C=O) groups is 1. The SMILES string of the molecule is Cc1ccc2c(c1)CCN2C(=O)N[C@@H]1CCc2cc(-c3nc(C)no3)ccc21. The highest BCUT2D eigenvalue weighted by molar-refractivity contribution is 5.94. The van der Waals surface area contributed by atoms with Crippen molar-refractivity contribution in [1.82, 2.24) is 15.5 Å². The molecule has 5 rings (SSSR count). The molecule has 2 aromatic carbocycles. The van der Waals surface area contributed by atoms with Crippen molar-refractivity contribution >= 4 is 11.7 Å². The predicted octanol–water partition coefficient (Wildman–Crippen LogP) is 4.11. The third-order valence-corrected chi connectivity index (χ3v) is 5.67. The number of benzene rings is 2. The third-order valence-electron chi connectivity index (χ3n) is 5.67. The van der Waals surface area contributed by atoms with Crippen LogP contribution in [0.5, 0.6) is 0 Å². The molecule has 1 aliphatic heterocycles. The summed E-state index contributed by atoms with van der Waals surface area (Å²) in [6.07, 6.45) is 2.75. The molecule has 6 nitrogen and oxygen atoms in total. The number of rotatable bonds is 2. The smallest absolute Gasteiger partial charge is 0.322 e. The highest BCUT2D eigenvalue weighted by Crippen LogP contribution is 2.35. The number of anilines is 1. The van der Waals surface area contributed by atoms with E-state index >= 15 is 0 Å². The number of aromatic nitrogens is 2. The van der Waals surface area contributed by atoms with Crippen LogP contribution in [-0.2, 0) is 12.8 Å². The van der Waals surface area contributed by atoms with E-state index < -0.39 is 0 Å². The van der Waals surface area contributed by atoms with Gasteiger partial charge in [-0.1, -0.05) is 28.9 Å². The van der Waals surface area contributed by atoms with Crippen LogP contribution in [0.15, 0.2) is 40.9 Å². The summed E-state index contributed by atoms with van der Waals surface area (Å²) in [5, 5.41) is 7.09. The number of fused-ring (bicyclic) bond motifs is 2. The number of nitrogens with zero attached hydrogens (tertiary/aromatic N) is 3. The Morgan fingerprint density at radius 2 is 2.04 bits per heavy atom. The lowest BCUT2D eigenvalue weighted by Gasteiger charge is -2.22. The van der Waals surface area contributed by atoms with Crippen LogP contribution in [0.3, 0.4) is 0 Å². The minimum absolute atomic E-state index is 0.0166. The van der Waals surface area contributed by atoms with Gasteiger partial charge < -0.3 is 9.84 Å². The van der Waals surface area contributed by atoms with Crippen molar-refractivity contribution in [2.45, 2.75) is 39.2 Å². The van der Waals surface area contributed by atoms with E-state index in [1.165, 1.54) is 22.3 Å². The molecule has 0 saturated carbocycles. The largest absolute Gasteiger partial charge is 0.334 e. The van der Waals surface area contributed by atoms with Gasteiger partial charge in [-0.05, 0) is 68.0 Å². The minimum atomic E-state index is -0.0166. The van der Waals surface area contributed by atoms with Gasteiger partial charge in [0, 0.05) is 17.8 Å². The fourth-order valence-corrected chi connectivity index (χ4v) is 4.28. The first-order valence-corrected chi connectivity index (χ1v) is 9.69. The summed E-state index contributed by atoms with van der Waals surface area (Å²) in [7, 11) is 0. The van der Waals surface area contributed by atoms with Crippen molar-refractivity contribution in [2.75, 3.05) is 11.4 Å². The summed E-state index contributed by atoms with van der Waals surface area (Å²) >= 11 is 0. The Kier molecular flexibility index (Phi) is 3.93. The molecule has 0 bridgehead atoms. The van der Waals surface area contributed by atoms with E-state index in [0.29, 0.717) is 11.7 Å². The van der Waals surface area contributed by atoms with E-state index in [1.807, 2.05) is 17.9 Å². The Balaban J connectivity index is 1.34. The lowest BCUT2D eigenvalue weighted by Crippen LogP contribution is -2.40. The number of carbonyl (C=O) groups excluding carboxylic acids is 1. The first kappa shape index (κ1) is 17.0. The Hall–Kier alpha value is -3.15. The van der Waals surface area contributed by atoms with E-state index in [0.717, 1.165) is 37.1 Å². The fraction of sp³-hybridized carbons (Fsp3) is 0.318. The van der Waals surface area contributed by atoms with E-state index in [9.17, 15) is 4.79 Å². The highest BCUT2D eigenvalue weighted by atomic mass is 16.5. The van der Waals surface area contributed by atoms with Crippen LogP contribution in [0.4, 0.5) is 10.5 Å². The van der Waals surface area contributed by atoms with Crippen LogP contribution in [0, 0.1) is 13.8 Å². The fourth-order valence-electron chi connectivity index (χ4n) is 4.28. The summed E-state index contributed by atoms with van der Waals surface area (Å²) in [6.45, 7) is 4.63. The highest BCUT2D eigenvalue weighted by Gasteiger charge is 2.29. The van der Waals surface area contributed by atoms with Gasteiger partial charge in [-0.15, -0.1) is 0 Å². The second-order valence-electron chi connectivity index (χ2n) is 7.63. The van der Waals surface area contributed by atoms with Crippen LogP contribution in [0.25, 0.3) is 11.5 Å². The van der Waals surface area contributed by atoms with Crippen LogP contribution < -0.4 is 10.2 Å². The molecule has 142 valence electrons. The van der Waals surface area contributed by atoms with E-state index in [2.05, 4.69) is 52.7 Å². The van der Waals surface area contributed by atoms with Crippen molar-refractivity contribution in [1.29, 1.82) is 0 Å². The summed E-state index contributed by atoms with van der Waals surface area (Å²) in [5.41, 5.74) is 6.85. The summed E-state index contributed by atoms with van der Waals surface area (Å²) in [4.78, 5) is 19.1. The minimum Gasteiger partial charge on any atom is -0.334 e. The molecule has 1 aromatic heterocycles. The van der Waals surface area contributed by atoms with E-state index in [1.54, 1.807) is 0 Å². The summed E-state index contributed by atoms with van der Waals surface area (Å²) in [6, 6.07) is 12.5. The molecule has 6 heteroatoms. The molecular formula is C22H22N4O2. The van der Waals surface area contributed by atoms with E-state index in [4.69, 9.17) is 4.52 Å². The summed E-state index contributed by atoms with van der Waals surface area (Å²) < 4.78 is 5.27. The maximum absolute atomic E-state index is 12.9. The molecule has 0 saturated heterocycles. The Morgan fingerprint density at radius 1 is 1.14 bits per heavy atom. The average molecular weight is 374 g/mol. The molecule has 1 N–H and O–H groups in total. The number of amides is 2. The van der Waals surface area contributed by atoms with Crippen molar-refractivity contribution in [3.63, 3.8) is 0 Å². The van der Waals surface area contributed by atoms with E-state index in [-0.39, 0.29) is 12.1 Å². The maximum Gasteiger partial charge on any atom is 0.322 e. The van der Waals surface area contributed by atoms with Crippen LogP contribution in [0.1, 0.15) is 40.5 Å². The molecule has 0 radical (unpaired) electrons. The first-order chi connectivity index (χ1) is 13.6. The quantitative estimate of drug-likeness (QED) is 0.733. The lowest BCUT2D eigenvalue weighted by molar-refractivity contribution is 0.243. The molecule has 3 aromatic rings. The van der Waals surface area contributed by atoms with Gasteiger partial charge in [-0.2, -0.15) is 4.98 Å². The number of hydrogen-bond donors (Lipinski definition) is 1. The van der Waals surface area contributed by atoms with Gasteiger partial charge in [0.1, 0.15) is 0 Å².